The highest BCUT2D eigenvalue weighted by Crippen LogP contribution is 2.21. The Morgan fingerprint density at radius 2 is 1.54 bits per heavy atom. The van der Waals surface area contributed by atoms with Gasteiger partial charge in [0, 0.05) is 23.1 Å². The normalized spacial score (nSPS) is 10.3. The highest BCUT2D eigenvalue weighted by molar-refractivity contribution is 6.35. The van der Waals surface area contributed by atoms with Gasteiger partial charge in [-0.1, -0.05) is 41.4 Å². The van der Waals surface area contributed by atoms with E-state index in [2.05, 4.69) is 10.6 Å². The van der Waals surface area contributed by atoms with Crippen LogP contribution in [0, 0.1) is 0 Å². The smallest absolute Gasteiger partial charge is 0.309 e. The van der Waals surface area contributed by atoms with Crippen LogP contribution < -0.4 is 15.4 Å². The van der Waals surface area contributed by atoms with E-state index in [0.29, 0.717) is 36.0 Å². The molecule has 26 heavy (non-hydrogen) atoms. The van der Waals surface area contributed by atoms with Gasteiger partial charge in [-0.15, -0.1) is 0 Å². The number of carbonyl (C=O) groups is 2. The molecule has 2 amide bonds. The van der Waals surface area contributed by atoms with Crippen LogP contribution in [0.3, 0.4) is 0 Å². The predicted octanol–water partition coefficient (Wildman–Crippen LogP) is 3.02. The molecule has 0 fully saturated rings. The van der Waals surface area contributed by atoms with E-state index in [1.807, 2.05) is 24.3 Å². The lowest BCUT2D eigenvalue weighted by Crippen LogP contribution is -2.41. The molecule has 0 heterocycles. The van der Waals surface area contributed by atoms with Crippen LogP contribution in [-0.4, -0.2) is 32.0 Å². The molecule has 5 nitrogen and oxygen atoms in total. The topological polar surface area (TPSA) is 67.4 Å². The Morgan fingerprint density at radius 1 is 0.923 bits per heavy atom. The van der Waals surface area contributed by atoms with Crippen LogP contribution >= 0.6 is 23.2 Å². The number of carbonyl (C=O) groups excluding carboxylic acids is 2. The number of halogens is 2. The number of ether oxygens (including phenoxy) is 1. The van der Waals surface area contributed by atoms with E-state index < -0.39 is 11.8 Å². The highest BCUT2D eigenvalue weighted by Gasteiger charge is 2.12. The maximum atomic E-state index is 11.8. The Labute approximate surface area is 162 Å². The molecular weight excluding hydrogens is 375 g/mol. The van der Waals surface area contributed by atoms with Crippen molar-refractivity contribution in [2.75, 3.05) is 20.2 Å². The predicted molar refractivity (Wildman–Crippen MR) is 103 cm³/mol. The van der Waals surface area contributed by atoms with Crippen molar-refractivity contribution in [1.82, 2.24) is 10.6 Å². The molecule has 0 aliphatic carbocycles. The Balaban J connectivity index is 1.69. The number of rotatable bonds is 7. The first-order valence-corrected chi connectivity index (χ1v) is 8.88. The van der Waals surface area contributed by atoms with Crippen molar-refractivity contribution in [2.24, 2.45) is 0 Å². The van der Waals surface area contributed by atoms with Gasteiger partial charge in [0.25, 0.3) is 0 Å². The first-order valence-electron chi connectivity index (χ1n) is 8.12. The van der Waals surface area contributed by atoms with Crippen LogP contribution in [0.15, 0.2) is 42.5 Å². The summed E-state index contributed by atoms with van der Waals surface area (Å²) < 4.78 is 5.09. The largest absolute Gasteiger partial charge is 0.497 e. The molecule has 0 spiro atoms. The Hall–Kier alpha value is -2.24. The number of hydrogen-bond acceptors (Lipinski definition) is 3. The van der Waals surface area contributed by atoms with Gasteiger partial charge in [-0.3, -0.25) is 9.59 Å². The molecule has 0 saturated heterocycles. The van der Waals surface area contributed by atoms with E-state index in [-0.39, 0.29) is 0 Å². The number of benzene rings is 2. The average Bonchev–Trinajstić information content (AvgIpc) is 2.63. The summed E-state index contributed by atoms with van der Waals surface area (Å²) in [5, 5.41) is 6.27. The van der Waals surface area contributed by atoms with Gasteiger partial charge in [-0.05, 0) is 48.2 Å². The lowest BCUT2D eigenvalue weighted by atomic mass is 10.1. The van der Waals surface area contributed by atoms with Crippen molar-refractivity contribution >= 4 is 35.0 Å². The van der Waals surface area contributed by atoms with Crippen LogP contribution in [0.2, 0.25) is 10.0 Å². The third kappa shape index (κ3) is 6.24. The van der Waals surface area contributed by atoms with E-state index in [1.165, 1.54) is 0 Å². The lowest BCUT2D eigenvalue weighted by Gasteiger charge is -2.08. The molecule has 2 N–H and O–H groups in total. The molecule has 0 saturated carbocycles. The van der Waals surface area contributed by atoms with Gasteiger partial charge in [-0.25, -0.2) is 0 Å². The zero-order chi connectivity index (χ0) is 18.9. The Morgan fingerprint density at radius 3 is 2.12 bits per heavy atom. The molecule has 138 valence electrons. The minimum absolute atomic E-state index is 0.312. The van der Waals surface area contributed by atoms with Crippen LogP contribution in [-0.2, 0) is 22.4 Å². The molecule has 0 bridgehead atoms. The van der Waals surface area contributed by atoms with Gasteiger partial charge in [-0.2, -0.15) is 0 Å². The molecular formula is C19H20Cl2N2O3. The second-order valence-corrected chi connectivity index (χ2v) is 6.44. The summed E-state index contributed by atoms with van der Waals surface area (Å²) in [4.78, 5) is 23.6. The number of methoxy groups -OCH3 is 1. The first-order chi connectivity index (χ1) is 12.5. The monoisotopic (exact) mass is 394 g/mol. The molecule has 2 aromatic rings. The molecule has 0 aliphatic rings. The summed E-state index contributed by atoms with van der Waals surface area (Å²) in [6, 6.07) is 12.7. The maximum Gasteiger partial charge on any atom is 0.309 e. The Kier molecular flexibility index (Phi) is 7.75. The number of amides is 2. The van der Waals surface area contributed by atoms with E-state index in [4.69, 9.17) is 27.9 Å². The molecule has 2 rings (SSSR count). The first kappa shape index (κ1) is 20.1. The third-order valence-electron chi connectivity index (χ3n) is 3.76. The average molecular weight is 395 g/mol. The maximum absolute atomic E-state index is 11.8. The minimum Gasteiger partial charge on any atom is -0.497 e. The molecule has 0 aromatic heterocycles. The summed E-state index contributed by atoms with van der Waals surface area (Å²) in [5.41, 5.74) is 1.90. The van der Waals surface area contributed by atoms with Gasteiger partial charge in [0.1, 0.15) is 5.75 Å². The van der Waals surface area contributed by atoms with Crippen molar-refractivity contribution in [3.05, 3.63) is 63.6 Å². The van der Waals surface area contributed by atoms with Gasteiger partial charge in [0.05, 0.1) is 7.11 Å². The van der Waals surface area contributed by atoms with Crippen LogP contribution in [0.4, 0.5) is 0 Å². The summed E-state index contributed by atoms with van der Waals surface area (Å²) in [7, 11) is 1.61. The van der Waals surface area contributed by atoms with E-state index in [0.717, 1.165) is 16.9 Å². The summed E-state index contributed by atoms with van der Waals surface area (Å²) in [6.07, 6.45) is 1.14. The van der Waals surface area contributed by atoms with Crippen LogP contribution in [0.5, 0.6) is 5.75 Å². The van der Waals surface area contributed by atoms with Crippen LogP contribution in [0.25, 0.3) is 0 Å². The number of hydrogen-bond donors (Lipinski definition) is 2. The summed E-state index contributed by atoms with van der Waals surface area (Å²) >= 11 is 11.9. The van der Waals surface area contributed by atoms with Gasteiger partial charge in [0.15, 0.2) is 0 Å². The zero-order valence-corrected chi connectivity index (χ0v) is 15.9. The molecule has 0 atom stereocenters. The van der Waals surface area contributed by atoms with Crippen molar-refractivity contribution in [3.63, 3.8) is 0 Å². The van der Waals surface area contributed by atoms with E-state index in [1.54, 1.807) is 25.3 Å². The van der Waals surface area contributed by atoms with E-state index in [9.17, 15) is 9.59 Å². The van der Waals surface area contributed by atoms with Crippen molar-refractivity contribution in [1.29, 1.82) is 0 Å². The quantitative estimate of drug-likeness (QED) is 0.709. The number of nitrogens with one attached hydrogen (secondary N) is 2. The molecule has 7 heteroatoms. The fourth-order valence-corrected chi connectivity index (χ4v) is 2.81. The fraction of sp³-hybridized carbons (Fsp3) is 0.263. The van der Waals surface area contributed by atoms with Crippen LogP contribution in [0.1, 0.15) is 11.1 Å². The van der Waals surface area contributed by atoms with Crippen molar-refractivity contribution in [3.8, 4) is 5.75 Å². The van der Waals surface area contributed by atoms with Crippen molar-refractivity contribution < 1.29 is 14.3 Å². The third-order valence-corrected chi connectivity index (χ3v) is 4.35. The molecule has 0 radical (unpaired) electrons. The standard InChI is InChI=1S/C19H20Cl2N2O3/c1-26-16-6-2-13(3-7-16)8-10-22-18(24)19(25)23-11-9-14-4-5-15(20)12-17(14)21/h2-7,12H,8-11H2,1H3,(H,22,24)(H,23,25). The van der Waals surface area contributed by atoms with Crippen molar-refractivity contribution in [2.45, 2.75) is 12.8 Å². The summed E-state index contributed by atoms with van der Waals surface area (Å²) in [5.74, 6) is -0.538. The summed E-state index contributed by atoms with van der Waals surface area (Å²) in [6.45, 7) is 0.688. The molecule has 0 aliphatic heterocycles. The van der Waals surface area contributed by atoms with Gasteiger partial charge in [0.2, 0.25) is 0 Å². The van der Waals surface area contributed by atoms with Gasteiger partial charge < -0.3 is 15.4 Å². The minimum atomic E-state index is -0.662. The zero-order valence-electron chi connectivity index (χ0n) is 14.4. The molecule has 2 aromatic carbocycles. The molecule has 0 unspecified atom stereocenters. The van der Waals surface area contributed by atoms with Gasteiger partial charge >= 0.3 is 11.8 Å². The Bertz CT molecular complexity index is 764. The second kappa shape index (κ2) is 10.0. The second-order valence-electron chi connectivity index (χ2n) is 5.60. The lowest BCUT2D eigenvalue weighted by molar-refractivity contribution is -0.139. The SMILES string of the molecule is COc1ccc(CCNC(=O)C(=O)NCCc2ccc(Cl)cc2Cl)cc1. The fourth-order valence-electron chi connectivity index (χ4n) is 2.31. The van der Waals surface area contributed by atoms with E-state index >= 15 is 0 Å². The highest BCUT2D eigenvalue weighted by atomic mass is 35.5.